The van der Waals surface area contributed by atoms with Gasteiger partial charge < -0.3 is 8.85 Å². The van der Waals surface area contributed by atoms with Crippen LogP contribution < -0.4 is 0 Å². The number of unbranched alkanes of at least 4 members (excludes halogenated alkanes) is 15. The van der Waals surface area contributed by atoms with Gasteiger partial charge in [-0.1, -0.05) is 137 Å². The van der Waals surface area contributed by atoms with Crippen molar-refractivity contribution in [3.8, 4) is 0 Å². The molecule has 0 spiro atoms. The molecule has 0 saturated heterocycles. The molecule has 0 radical (unpaired) electrons. The Bertz CT molecular complexity index is 344. The van der Waals surface area contributed by atoms with Gasteiger partial charge >= 0.3 is 8.56 Å². The van der Waals surface area contributed by atoms with E-state index in [1.165, 1.54) is 116 Å². The molecule has 1 atom stereocenters. The van der Waals surface area contributed by atoms with Gasteiger partial charge in [0.05, 0.1) is 0 Å². The predicted octanol–water partition coefficient (Wildman–Crippen LogP) is 10.2. The van der Waals surface area contributed by atoms with Crippen LogP contribution in [0.3, 0.4) is 0 Å². The SMILES string of the molecule is CCCCCCCCCCCCCCCCCCO[Si](CC)(CC)OCCC(C)CC. The summed E-state index contributed by atoms with van der Waals surface area (Å²) in [5.74, 6) is 0.765. The summed E-state index contributed by atoms with van der Waals surface area (Å²) in [4.78, 5) is 0. The fourth-order valence-electron chi connectivity index (χ4n) is 4.26. The van der Waals surface area contributed by atoms with Gasteiger partial charge in [-0.15, -0.1) is 0 Å². The van der Waals surface area contributed by atoms with E-state index in [1.807, 2.05) is 0 Å². The molecule has 0 bridgehead atoms. The van der Waals surface area contributed by atoms with Crippen molar-refractivity contribution in [1.29, 1.82) is 0 Å². The van der Waals surface area contributed by atoms with E-state index in [-0.39, 0.29) is 0 Å². The Kier molecular flexibility index (Phi) is 23.4. The van der Waals surface area contributed by atoms with E-state index in [4.69, 9.17) is 8.85 Å². The summed E-state index contributed by atoms with van der Waals surface area (Å²) in [5.41, 5.74) is 0. The summed E-state index contributed by atoms with van der Waals surface area (Å²) >= 11 is 0. The second kappa shape index (κ2) is 23.3. The number of hydrogen-bond acceptors (Lipinski definition) is 2. The van der Waals surface area contributed by atoms with Crippen LogP contribution in [0, 0.1) is 5.92 Å². The molecule has 0 rings (SSSR count). The van der Waals surface area contributed by atoms with Crippen molar-refractivity contribution in [2.75, 3.05) is 13.2 Å². The lowest BCUT2D eigenvalue weighted by Crippen LogP contribution is -2.41. The molecule has 1 unspecified atom stereocenters. The van der Waals surface area contributed by atoms with Crippen molar-refractivity contribution in [2.24, 2.45) is 5.92 Å². The standard InChI is InChI=1S/C28H60O2Si/c1-6-10-11-12-13-14-15-16-17-18-19-20-21-22-23-24-26-29-31(8-3,9-4)30-27-25-28(5)7-2/h28H,6-27H2,1-5H3. The molecule has 0 saturated carbocycles. The zero-order chi connectivity index (χ0) is 23.0. The summed E-state index contributed by atoms with van der Waals surface area (Å²) in [6.07, 6.45) is 25.1. The molecule has 0 fully saturated rings. The van der Waals surface area contributed by atoms with Gasteiger partial charge in [-0.2, -0.15) is 0 Å². The van der Waals surface area contributed by atoms with E-state index in [0.29, 0.717) is 0 Å². The first kappa shape index (κ1) is 31.1. The molecule has 2 nitrogen and oxygen atoms in total. The Morgan fingerprint density at radius 3 is 1.29 bits per heavy atom. The van der Waals surface area contributed by atoms with E-state index in [1.54, 1.807) is 0 Å². The van der Waals surface area contributed by atoms with Gasteiger partial charge in [-0.3, -0.25) is 0 Å². The van der Waals surface area contributed by atoms with E-state index >= 15 is 0 Å². The molecular formula is C28H60O2Si. The van der Waals surface area contributed by atoms with E-state index in [2.05, 4.69) is 34.6 Å². The van der Waals surface area contributed by atoms with Crippen LogP contribution in [0.1, 0.15) is 150 Å². The topological polar surface area (TPSA) is 18.5 Å². The Morgan fingerprint density at radius 1 is 0.516 bits per heavy atom. The minimum atomic E-state index is -1.93. The fourth-order valence-corrected chi connectivity index (χ4v) is 6.66. The molecule has 0 N–H and O–H groups in total. The van der Waals surface area contributed by atoms with Crippen LogP contribution in [0.4, 0.5) is 0 Å². The molecule has 31 heavy (non-hydrogen) atoms. The van der Waals surface area contributed by atoms with Crippen molar-refractivity contribution in [1.82, 2.24) is 0 Å². The van der Waals surface area contributed by atoms with Gasteiger partial charge in [-0.05, 0) is 30.8 Å². The monoisotopic (exact) mass is 456 g/mol. The first-order valence-electron chi connectivity index (χ1n) is 14.4. The largest absolute Gasteiger partial charge is 0.394 e. The molecule has 3 heteroatoms. The number of hydrogen-bond donors (Lipinski definition) is 0. The normalized spacial score (nSPS) is 13.1. The molecule has 0 aliphatic heterocycles. The van der Waals surface area contributed by atoms with Gasteiger partial charge in [-0.25, -0.2) is 0 Å². The fraction of sp³-hybridized carbons (Fsp3) is 1.00. The third kappa shape index (κ3) is 19.3. The van der Waals surface area contributed by atoms with Crippen LogP contribution in [-0.2, 0) is 8.85 Å². The molecule has 0 heterocycles. The molecule has 0 aliphatic rings. The minimum Gasteiger partial charge on any atom is -0.394 e. The highest BCUT2D eigenvalue weighted by Crippen LogP contribution is 2.21. The van der Waals surface area contributed by atoms with E-state index in [9.17, 15) is 0 Å². The highest BCUT2D eigenvalue weighted by Gasteiger charge is 2.33. The Morgan fingerprint density at radius 2 is 0.903 bits per heavy atom. The van der Waals surface area contributed by atoms with Crippen LogP contribution in [0.5, 0.6) is 0 Å². The molecule has 188 valence electrons. The summed E-state index contributed by atoms with van der Waals surface area (Å²) < 4.78 is 12.7. The second-order valence-corrected chi connectivity index (χ2v) is 13.7. The zero-order valence-corrected chi connectivity index (χ0v) is 23.5. The van der Waals surface area contributed by atoms with Crippen LogP contribution in [-0.4, -0.2) is 21.8 Å². The average Bonchev–Trinajstić information content (AvgIpc) is 2.79. The maximum absolute atomic E-state index is 6.38. The average molecular weight is 457 g/mol. The maximum Gasteiger partial charge on any atom is 0.337 e. The van der Waals surface area contributed by atoms with Crippen LogP contribution >= 0.6 is 0 Å². The van der Waals surface area contributed by atoms with Crippen molar-refractivity contribution in [2.45, 2.75) is 162 Å². The quantitative estimate of drug-likeness (QED) is 0.100. The third-order valence-corrected chi connectivity index (χ3v) is 10.7. The van der Waals surface area contributed by atoms with Crippen LogP contribution in [0.2, 0.25) is 12.1 Å². The summed E-state index contributed by atoms with van der Waals surface area (Å²) in [5, 5.41) is 0. The van der Waals surface area contributed by atoms with E-state index < -0.39 is 8.56 Å². The van der Waals surface area contributed by atoms with Crippen molar-refractivity contribution in [3.63, 3.8) is 0 Å². The molecule has 0 amide bonds. The van der Waals surface area contributed by atoms with Crippen molar-refractivity contribution >= 4 is 8.56 Å². The Labute approximate surface area is 198 Å². The van der Waals surface area contributed by atoms with Gasteiger partial charge in [0.25, 0.3) is 0 Å². The lowest BCUT2D eigenvalue weighted by atomic mass is 10.0. The zero-order valence-electron chi connectivity index (χ0n) is 22.5. The first-order valence-corrected chi connectivity index (χ1v) is 16.6. The first-order chi connectivity index (χ1) is 15.1. The Balaban J connectivity index is 3.48. The van der Waals surface area contributed by atoms with Gasteiger partial charge in [0, 0.05) is 13.2 Å². The molecule has 0 aromatic carbocycles. The van der Waals surface area contributed by atoms with Crippen LogP contribution in [0.25, 0.3) is 0 Å². The Hall–Kier alpha value is 0.137. The van der Waals surface area contributed by atoms with E-state index in [0.717, 1.165) is 31.2 Å². The highest BCUT2D eigenvalue weighted by atomic mass is 28.4. The smallest absolute Gasteiger partial charge is 0.337 e. The summed E-state index contributed by atoms with van der Waals surface area (Å²) in [7, 11) is -1.93. The van der Waals surface area contributed by atoms with Gasteiger partial charge in [0.1, 0.15) is 0 Å². The second-order valence-electron chi connectivity index (χ2n) is 9.92. The number of rotatable bonds is 25. The molecule has 0 aliphatic carbocycles. The highest BCUT2D eigenvalue weighted by molar-refractivity contribution is 6.67. The molecular weight excluding hydrogens is 396 g/mol. The van der Waals surface area contributed by atoms with Crippen LogP contribution in [0.15, 0.2) is 0 Å². The van der Waals surface area contributed by atoms with Crippen molar-refractivity contribution < 1.29 is 8.85 Å². The maximum atomic E-state index is 6.38. The third-order valence-electron chi connectivity index (χ3n) is 7.11. The van der Waals surface area contributed by atoms with Gasteiger partial charge in [0.2, 0.25) is 0 Å². The lowest BCUT2D eigenvalue weighted by Gasteiger charge is -2.29. The minimum absolute atomic E-state index is 0.765. The molecule has 0 aromatic heterocycles. The summed E-state index contributed by atoms with van der Waals surface area (Å²) in [6, 6.07) is 2.17. The summed E-state index contributed by atoms with van der Waals surface area (Å²) in [6.45, 7) is 13.2. The lowest BCUT2D eigenvalue weighted by molar-refractivity contribution is 0.157. The van der Waals surface area contributed by atoms with Crippen molar-refractivity contribution in [3.05, 3.63) is 0 Å². The predicted molar refractivity (Wildman–Crippen MR) is 142 cm³/mol. The molecule has 0 aromatic rings. The van der Waals surface area contributed by atoms with Gasteiger partial charge in [0.15, 0.2) is 0 Å².